The fourth-order valence-electron chi connectivity index (χ4n) is 4.21. The van der Waals surface area contributed by atoms with Crippen molar-refractivity contribution in [2.24, 2.45) is 0 Å². The van der Waals surface area contributed by atoms with Gasteiger partial charge in [0.1, 0.15) is 0 Å². The molecular weight excluding hydrogens is 332 g/mol. The Hall–Kier alpha value is -0.240. The molecule has 1 spiro atoms. The normalized spacial score (nSPS) is 30.0. The van der Waals surface area contributed by atoms with Crippen LogP contribution in [0.3, 0.4) is 0 Å². The number of ether oxygens (including phenoxy) is 4. The first-order valence-electron chi connectivity index (χ1n) is 10.4. The molecule has 0 bridgehead atoms. The molecule has 0 aromatic rings. The maximum Gasteiger partial charge on any atom is 0.0833 e. The van der Waals surface area contributed by atoms with E-state index in [1.807, 2.05) is 0 Å². The van der Waals surface area contributed by atoms with Crippen LogP contribution in [0.5, 0.6) is 0 Å². The second kappa shape index (κ2) is 9.80. The number of likely N-dealkylation sites (tertiary alicyclic amines) is 1. The first kappa shape index (κ1) is 20.5. The average Bonchev–Trinajstić information content (AvgIpc) is 2.58. The summed E-state index contributed by atoms with van der Waals surface area (Å²) in [6.45, 7) is 13.1. The van der Waals surface area contributed by atoms with Crippen LogP contribution in [0.25, 0.3) is 0 Å². The summed E-state index contributed by atoms with van der Waals surface area (Å²) in [4.78, 5) is 5.05. The Morgan fingerprint density at radius 3 is 2.42 bits per heavy atom. The van der Waals surface area contributed by atoms with E-state index in [1.54, 1.807) is 7.11 Å². The van der Waals surface area contributed by atoms with Gasteiger partial charge in [0.25, 0.3) is 0 Å². The van der Waals surface area contributed by atoms with E-state index in [0.717, 1.165) is 84.8 Å². The van der Waals surface area contributed by atoms with Crippen LogP contribution >= 0.6 is 0 Å². The zero-order valence-electron chi connectivity index (χ0n) is 17.0. The molecular formula is C20H38N2O4. The summed E-state index contributed by atoms with van der Waals surface area (Å²) in [6, 6.07) is 0. The Kier molecular flexibility index (Phi) is 7.73. The van der Waals surface area contributed by atoms with Crippen molar-refractivity contribution >= 4 is 0 Å². The average molecular weight is 371 g/mol. The maximum absolute atomic E-state index is 6.25. The van der Waals surface area contributed by atoms with Gasteiger partial charge in [0, 0.05) is 46.4 Å². The van der Waals surface area contributed by atoms with Crippen molar-refractivity contribution in [3.05, 3.63) is 0 Å². The third kappa shape index (κ3) is 5.88. The van der Waals surface area contributed by atoms with E-state index in [0.29, 0.717) is 18.3 Å². The molecule has 6 heteroatoms. The van der Waals surface area contributed by atoms with E-state index in [4.69, 9.17) is 18.9 Å². The zero-order valence-corrected chi connectivity index (χ0v) is 17.0. The SMILES string of the molecule is COC1CC(OCCN2CCC3(CC2)CN(CCOC(C)C)CCO3)C1. The van der Waals surface area contributed by atoms with Crippen molar-refractivity contribution in [2.45, 2.75) is 63.4 Å². The molecule has 3 aliphatic rings. The minimum Gasteiger partial charge on any atom is -0.381 e. The van der Waals surface area contributed by atoms with Crippen LogP contribution in [-0.4, -0.2) is 99.9 Å². The molecule has 6 nitrogen and oxygen atoms in total. The van der Waals surface area contributed by atoms with Crippen LogP contribution in [0.1, 0.15) is 39.5 Å². The van der Waals surface area contributed by atoms with Gasteiger partial charge in [-0.25, -0.2) is 0 Å². The lowest BCUT2D eigenvalue weighted by atomic mass is 9.89. The van der Waals surface area contributed by atoms with Gasteiger partial charge in [-0.05, 0) is 39.5 Å². The number of nitrogens with zero attached hydrogens (tertiary/aromatic N) is 2. The molecule has 152 valence electrons. The highest BCUT2D eigenvalue weighted by atomic mass is 16.5. The molecule has 2 aliphatic heterocycles. The summed E-state index contributed by atoms with van der Waals surface area (Å²) < 4.78 is 23.2. The van der Waals surface area contributed by atoms with Gasteiger partial charge >= 0.3 is 0 Å². The van der Waals surface area contributed by atoms with Crippen LogP contribution in [-0.2, 0) is 18.9 Å². The number of morpholine rings is 1. The monoisotopic (exact) mass is 370 g/mol. The quantitative estimate of drug-likeness (QED) is 0.616. The minimum absolute atomic E-state index is 0.0626. The van der Waals surface area contributed by atoms with Crippen molar-refractivity contribution < 1.29 is 18.9 Å². The van der Waals surface area contributed by atoms with Gasteiger partial charge in [0.15, 0.2) is 0 Å². The highest BCUT2D eigenvalue weighted by Crippen LogP contribution is 2.30. The summed E-state index contributed by atoms with van der Waals surface area (Å²) in [5.41, 5.74) is 0.0626. The van der Waals surface area contributed by atoms with Crippen LogP contribution in [0.2, 0.25) is 0 Å². The lowest BCUT2D eigenvalue weighted by Crippen LogP contribution is -2.57. The first-order valence-corrected chi connectivity index (χ1v) is 10.4. The van der Waals surface area contributed by atoms with Gasteiger partial charge < -0.3 is 23.8 Å². The van der Waals surface area contributed by atoms with Gasteiger partial charge in [-0.1, -0.05) is 0 Å². The molecule has 3 fully saturated rings. The van der Waals surface area contributed by atoms with Gasteiger partial charge in [0.05, 0.1) is 43.7 Å². The summed E-state index contributed by atoms with van der Waals surface area (Å²) in [5, 5.41) is 0. The highest BCUT2D eigenvalue weighted by molar-refractivity contribution is 4.93. The number of hydrogen-bond acceptors (Lipinski definition) is 6. The molecule has 0 unspecified atom stereocenters. The van der Waals surface area contributed by atoms with E-state index in [2.05, 4.69) is 23.6 Å². The fraction of sp³-hybridized carbons (Fsp3) is 1.00. The van der Waals surface area contributed by atoms with E-state index >= 15 is 0 Å². The van der Waals surface area contributed by atoms with Crippen molar-refractivity contribution in [3.8, 4) is 0 Å². The lowest BCUT2D eigenvalue weighted by molar-refractivity contribution is -0.141. The van der Waals surface area contributed by atoms with Crippen molar-refractivity contribution in [2.75, 3.05) is 66.2 Å². The number of hydrogen-bond donors (Lipinski definition) is 0. The van der Waals surface area contributed by atoms with Gasteiger partial charge in [-0.3, -0.25) is 4.90 Å². The number of piperidine rings is 1. The molecule has 1 aliphatic carbocycles. The van der Waals surface area contributed by atoms with Crippen molar-refractivity contribution in [3.63, 3.8) is 0 Å². The molecule has 3 rings (SSSR count). The highest BCUT2D eigenvalue weighted by Gasteiger charge is 2.39. The second-order valence-corrected chi connectivity index (χ2v) is 8.39. The Morgan fingerprint density at radius 2 is 1.73 bits per heavy atom. The fourth-order valence-corrected chi connectivity index (χ4v) is 4.21. The Labute approximate surface area is 159 Å². The number of methoxy groups -OCH3 is 1. The summed E-state index contributed by atoms with van der Waals surface area (Å²) >= 11 is 0. The molecule has 0 aromatic heterocycles. The summed E-state index contributed by atoms with van der Waals surface area (Å²) in [7, 11) is 1.79. The van der Waals surface area contributed by atoms with E-state index < -0.39 is 0 Å². The Balaban J connectivity index is 1.31. The van der Waals surface area contributed by atoms with Crippen molar-refractivity contribution in [1.82, 2.24) is 9.80 Å². The molecule has 2 heterocycles. The third-order valence-electron chi connectivity index (χ3n) is 6.10. The predicted octanol–water partition coefficient (Wildman–Crippen LogP) is 1.77. The summed E-state index contributed by atoms with van der Waals surface area (Å²) in [6.07, 6.45) is 5.53. The van der Waals surface area contributed by atoms with Crippen LogP contribution in [0.4, 0.5) is 0 Å². The molecule has 1 saturated carbocycles. The Bertz CT molecular complexity index is 407. The van der Waals surface area contributed by atoms with Crippen LogP contribution < -0.4 is 0 Å². The van der Waals surface area contributed by atoms with Gasteiger partial charge in [0.2, 0.25) is 0 Å². The van der Waals surface area contributed by atoms with Gasteiger partial charge in [-0.15, -0.1) is 0 Å². The molecule has 2 saturated heterocycles. The van der Waals surface area contributed by atoms with Crippen LogP contribution in [0.15, 0.2) is 0 Å². The molecule has 0 radical (unpaired) electrons. The molecule has 0 amide bonds. The lowest BCUT2D eigenvalue weighted by Gasteiger charge is -2.47. The van der Waals surface area contributed by atoms with Crippen LogP contribution in [0, 0.1) is 0 Å². The van der Waals surface area contributed by atoms with E-state index in [1.165, 1.54) is 0 Å². The van der Waals surface area contributed by atoms with E-state index in [-0.39, 0.29) is 5.60 Å². The first-order chi connectivity index (χ1) is 12.6. The standard InChI is InChI=1S/C20H38N2O4/c1-17(2)24-11-9-22-10-13-26-20(16-22)4-6-21(7-5-20)8-12-25-19-14-18(15-19)23-3/h17-19H,4-16H2,1-3H3. The predicted molar refractivity (Wildman–Crippen MR) is 102 cm³/mol. The smallest absolute Gasteiger partial charge is 0.0833 e. The number of rotatable bonds is 9. The minimum atomic E-state index is 0.0626. The largest absolute Gasteiger partial charge is 0.381 e. The molecule has 0 N–H and O–H groups in total. The Morgan fingerprint density at radius 1 is 1.00 bits per heavy atom. The van der Waals surface area contributed by atoms with Crippen molar-refractivity contribution in [1.29, 1.82) is 0 Å². The maximum atomic E-state index is 6.25. The topological polar surface area (TPSA) is 43.4 Å². The molecule has 0 atom stereocenters. The zero-order chi connectivity index (χ0) is 18.4. The third-order valence-corrected chi connectivity index (χ3v) is 6.10. The molecule has 26 heavy (non-hydrogen) atoms. The molecule has 0 aromatic carbocycles. The summed E-state index contributed by atoms with van der Waals surface area (Å²) in [5.74, 6) is 0. The van der Waals surface area contributed by atoms with Gasteiger partial charge in [-0.2, -0.15) is 0 Å². The second-order valence-electron chi connectivity index (χ2n) is 8.39. The van der Waals surface area contributed by atoms with E-state index in [9.17, 15) is 0 Å².